The fourth-order valence-electron chi connectivity index (χ4n) is 2.48. The molecule has 0 saturated carbocycles. The molecule has 1 saturated heterocycles. The molecule has 108 valence electrons. The Balaban J connectivity index is 1.88. The zero-order valence-corrected chi connectivity index (χ0v) is 13.9. The van der Waals surface area contributed by atoms with Crippen LogP contribution in [-0.2, 0) is 13.5 Å². The normalized spacial score (nSPS) is 29.4. The van der Waals surface area contributed by atoms with Gasteiger partial charge in [0.15, 0.2) is 0 Å². The third-order valence-corrected chi connectivity index (χ3v) is 7.58. The Hall–Kier alpha value is -0.130. The minimum absolute atomic E-state index is 0.599. The van der Waals surface area contributed by atoms with E-state index in [2.05, 4.69) is 60.9 Å². The van der Waals surface area contributed by atoms with Gasteiger partial charge in [-0.15, -0.1) is 0 Å². The van der Waals surface area contributed by atoms with E-state index < -0.39 is 0 Å². The molecule has 0 spiro atoms. The molecule has 0 aliphatic carbocycles. The fourth-order valence-corrected chi connectivity index (χ4v) is 5.69. The maximum Gasteiger partial charge on any atom is 0.0492 e. The molecular weight excluding hydrogens is 274 g/mol. The lowest BCUT2D eigenvalue weighted by atomic mass is 10.1. The van der Waals surface area contributed by atoms with Gasteiger partial charge in [-0.1, -0.05) is 13.8 Å². The van der Waals surface area contributed by atoms with Crippen LogP contribution in [0.1, 0.15) is 26.0 Å². The highest BCUT2D eigenvalue weighted by atomic mass is 32.2. The molecule has 19 heavy (non-hydrogen) atoms. The van der Waals surface area contributed by atoms with Gasteiger partial charge in [-0.25, -0.2) is 0 Å². The lowest BCUT2D eigenvalue weighted by Gasteiger charge is -2.35. The maximum absolute atomic E-state index is 4.24. The molecular formula is C14H25N3S2. The molecule has 0 radical (unpaired) electrons. The van der Waals surface area contributed by atoms with Crippen molar-refractivity contribution in [3.05, 3.63) is 18.0 Å². The summed E-state index contributed by atoms with van der Waals surface area (Å²) in [5, 5.41) is 10.0. The molecule has 1 aliphatic rings. The van der Waals surface area contributed by atoms with Crippen LogP contribution in [0.25, 0.3) is 0 Å². The zero-order chi connectivity index (χ0) is 13.8. The van der Waals surface area contributed by atoms with Crippen molar-refractivity contribution in [3.8, 4) is 0 Å². The lowest BCUT2D eigenvalue weighted by Crippen LogP contribution is -2.42. The molecule has 1 fully saturated rings. The number of nitrogens with one attached hydrogen (secondary N) is 1. The van der Waals surface area contributed by atoms with Crippen LogP contribution in [0.2, 0.25) is 0 Å². The first-order valence-electron chi connectivity index (χ1n) is 7.03. The van der Waals surface area contributed by atoms with Crippen LogP contribution in [0.15, 0.2) is 12.3 Å². The second-order valence-corrected chi connectivity index (χ2v) is 8.33. The van der Waals surface area contributed by atoms with Gasteiger partial charge in [0.05, 0.1) is 0 Å². The lowest BCUT2D eigenvalue weighted by molar-refractivity contribution is 0.509. The third kappa shape index (κ3) is 3.92. The number of hydrogen-bond donors (Lipinski definition) is 1. The highest BCUT2D eigenvalue weighted by Crippen LogP contribution is 2.37. The summed E-state index contributed by atoms with van der Waals surface area (Å²) in [5.41, 5.74) is 1.33. The molecule has 1 aromatic rings. The summed E-state index contributed by atoms with van der Waals surface area (Å²) >= 11 is 4.29. The van der Waals surface area contributed by atoms with Crippen molar-refractivity contribution in [2.75, 3.05) is 12.8 Å². The van der Waals surface area contributed by atoms with Gasteiger partial charge in [0.2, 0.25) is 0 Å². The van der Waals surface area contributed by atoms with Crippen LogP contribution in [0.5, 0.6) is 0 Å². The molecule has 2 heterocycles. The summed E-state index contributed by atoms with van der Waals surface area (Å²) in [7, 11) is 4.13. The number of nitrogens with zero attached hydrogens (tertiary/aromatic N) is 2. The van der Waals surface area contributed by atoms with Gasteiger partial charge in [-0.05, 0) is 26.0 Å². The van der Waals surface area contributed by atoms with Gasteiger partial charge in [-0.3, -0.25) is 4.68 Å². The standard InChI is InChI=1S/C14H25N3S2/c1-10-11(2)19-14(9-18-10)13(15-3)6-5-12-7-8-16-17(12)4/h7-8,10-11,13-15H,5-6,9H2,1-4H3. The zero-order valence-electron chi connectivity index (χ0n) is 12.3. The third-order valence-electron chi connectivity index (χ3n) is 4.03. The first-order valence-corrected chi connectivity index (χ1v) is 9.02. The molecule has 2 rings (SSSR count). The molecule has 1 N–H and O–H groups in total. The molecule has 4 unspecified atom stereocenters. The number of aromatic nitrogens is 2. The van der Waals surface area contributed by atoms with E-state index in [0.29, 0.717) is 6.04 Å². The Kier molecular flexibility index (Phi) is 5.66. The molecule has 4 atom stereocenters. The monoisotopic (exact) mass is 299 g/mol. The number of hydrogen-bond acceptors (Lipinski definition) is 4. The molecule has 0 bridgehead atoms. The molecule has 1 aliphatic heterocycles. The first kappa shape index (κ1) is 15.3. The predicted octanol–water partition coefficient (Wildman–Crippen LogP) is 2.57. The van der Waals surface area contributed by atoms with Crippen molar-refractivity contribution in [2.24, 2.45) is 7.05 Å². The van der Waals surface area contributed by atoms with Gasteiger partial charge >= 0.3 is 0 Å². The van der Waals surface area contributed by atoms with E-state index in [4.69, 9.17) is 0 Å². The summed E-state index contributed by atoms with van der Waals surface area (Å²) in [6.45, 7) is 4.71. The number of rotatable bonds is 5. The maximum atomic E-state index is 4.24. The van der Waals surface area contributed by atoms with E-state index in [1.54, 1.807) is 0 Å². The second kappa shape index (κ2) is 7.04. The Labute approximate surface area is 125 Å². The van der Waals surface area contributed by atoms with Crippen molar-refractivity contribution in [2.45, 2.75) is 48.5 Å². The van der Waals surface area contributed by atoms with Crippen molar-refractivity contribution in [1.29, 1.82) is 0 Å². The molecule has 1 aromatic heterocycles. The number of thioether (sulfide) groups is 2. The van der Waals surface area contributed by atoms with Crippen LogP contribution >= 0.6 is 23.5 Å². The quantitative estimate of drug-likeness (QED) is 0.905. The smallest absolute Gasteiger partial charge is 0.0492 e. The summed E-state index contributed by atoms with van der Waals surface area (Å²) in [5.74, 6) is 1.27. The van der Waals surface area contributed by atoms with E-state index in [1.165, 1.54) is 17.9 Å². The van der Waals surface area contributed by atoms with Crippen LogP contribution < -0.4 is 5.32 Å². The van der Waals surface area contributed by atoms with Crippen molar-refractivity contribution >= 4 is 23.5 Å². The Morgan fingerprint density at radius 1 is 1.47 bits per heavy atom. The minimum atomic E-state index is 0.599. The van der Waals surface area contributed by atoms with Gasteiger partial charge in [0, 0.05) is 46.5 Å². The minimum Gasteiger partial charge on any atom is -0.316 e. The summed E-state index contributed by atoms with van der Waals surface area (Å²) in [4.78, 5) is 0. The highest BCUT2D eigenvalue weighted by Gasteiger charge is 2.30. The topological polar surface area (TPSA) is 29.9 Å². The summed E-state index contributed by atoms with van der Waals surface area (Å²) in [6, 6.07) is 2.72. The first-order chi connectivity index (χ1) is 9.11. The van der Waals surface area contributed by atoms with Crippen LogP contribution in [0.3, 0.4) is 0 Å². The molecule has 0 amide bonds. The largest absolute Gasteiger partial charge is 0.316 e. The average Bonchev–Trinajstić information content (AvgIpc) is 2.80. The van der Waals surface area contributed by atoms with Gasteiger partial charge < -0.3 is 5.32 Å². The van der Waals surface area contributed by atoms with E-state index in [9.17, 15) is 0 Å². The van der Waals surface area contributed by atoms with E-state index in [0.717, 1.165) is 22.2 Å². The van der Waals surface area contributed by atoms with E-state index in [1.807, 2.05) is 17.9 Å². The van der Waals surface area contributed by atoms with Gasteiger partial charge in [-0.2, -0.15) is 28.6 Å². The Morgan fingerprint density at radius 3 is 2.84 bits per heavy atom. The molecule has 0 aromatic carbocycles. The average molecular weight is 300 g/mol. The van der Waals surface area contributed by atoms with E-state index >= 15 is 0 Å². The number of aryl methyl sites for hydroxylation is 2. The van der Waals surface area contributed by atoms with Gasteiger partial charge in [0.25, 0.3) is 0 Å². The Morgan fingerprint density at radius 2 is 2.26 bits per heavy atom. The van der Waals surface area contributed by atoms with Crippen molar-refractivity contribution in [3.63, 3.8) is 0 Å². The summed E-state index contributed by atoms with van der Waals surface area (Å²) < 4.78 is 1.99. The molecule has 5 heteroatoms. The van der Waals surface area contributed by atoms with Crippen LogP contribution in [0, 0.1) is 0 Å². The fraction of sp³-hybridized carbons (Fsp3) is 0.786. The Bertz CT molecular complexity index is 394. The second-order valence-electron chi connectivity index (χ2n) is 5.30. The van der Waals surface area contributed by atoms with Crippen LogP contribution in [0.4, 0.5) is 0 Å². The highest BCUT2D eigenvalue weighted by molar-refractivity contribution is 8.07. The van der Waals surface area contributed by atoms with Crippen LogP contribution in [-0.4, -0.2) is 44.4 Å². The van der Waals surface area contributed by atoms with Crippen molar-refractivity contribution < 1.29 is 0 Å². The van der Waals surface area contributed by atoms with Gasteiger partial charge in [0.1, 0.15) is 0 Å². The predicted molar refractivity (Wildman–Crippen MR) is 87.1 cm³/mol. The summed E-state index contributed by atoms with van der Waals surface area (Å²) in [6.07, 6.45) is 4.18. The van der Waals surface area contributed by atoms with E-state index in [-0.39, 0.29) is 0 Å². The SMILES string of the molecule is CNC(CCc1ccnn1C)C1CSC(C)C(C)S1. The molecule has 3 nitrogen and oxygen atoms in total. The van der Waals surface area contributed by atoms with Crippen molar-refractivity contribution in [1.82, 2.24) is 15.1 Å².